The van der Waals surface area contributed by atoms with E-state index in [1.807, 2.05) is 0 Å². The van der Waals surface area contributed by atoms with E-state index in [4.69, 9.17) is 0 Å². The van der Waals surface area contributed by atoms with Crippen molar-refractivity contribution in [3.8, 4) is 0 Å². The molecule has 0 radical (unpaired) electrons. The van der Waals surface area contributed by atoms with Crippen LogP contribution in [0.15, 0.2) is 22.4 Å². The minimum Gasteiger partial charge on any atom is -0.465 e. The van der Waals surface area contributed by atoms with Crippen LogP contribution in [0.4, 0.5) is 10.1 Å². The molecule has 8 nitrogen and oxygen atoms in total. The summed E-state index contributed by atoms with van der Waals surface area (Å²) in [5.74, 6) is -1.65. The number of nitrogens with zero attached hydrogens (tertiary/aromatic N) is 3. The van der Waals surface area contributed by atoms with Crippen molar-refractivity contribution >= 4 is 17.6 Å². The Morgan fingerprint density at radius 1 is 1.35 bits per heavy atom. The zero-order chi connectivity index (χ0) is 18.7. The van der Waals surface area contributed by atoms with E-state index in [1.54, 1.807) is 6.92 Å². The maximum atomic E-state index is 13.6. The number of nitrogens with one attached hydrogen (secondary N) is 2. The lowest BCUT2D eigenvalue weighted by atomic mass is 10.0. The standard InChI is InChI=1S/C17H22FN5O3/c1-10-7-11(18)8-12(17(25)26-2)15(10)20-16(24)13-3-4-14(22-21-13)23-6-5-19-9-23/h7-8,13-14,19H,3-6,9H2,1-2H3,(H,20,24). The monoisotopic (exact) mass is 363 g/mol. The lowest BCUT2D eigenvalue weighted by Gasteiger charge is -2.27. The van der Waals surface area contributed by atoms with Gasteiger partial charge < -0.3 is 15.4 Å². The van der Waals surface area contributed by atoms with Crippen molar-refractivity contribution in [2.45, 2.75) is 32.0 Å². The average Bonchev–Trinajstić information content (AvgIpc) is 3.17. The zero-order valence-corrected chi connectivity index (χ0v) is 14.8. The van der Waals surface area contributed by atoms with Gasteiger partial charge in [0.1, 0.15) is 18.0 Å². The summed E-state index contributed by atoms with van der Waals surface area (Å²) in [6.45, 7) is 4.23. The van der Waals surface area contributed by atoms with Crippen molar-refractivity contribution in [1.82, 2.24) is 10.2 Å². The van der Waals surface area contributed by atoms with Crippen molar-refractivity contribution in [2.75, 3.05) is 32.2 Å². The molecule has 1 saturated heterocycles. The number of amides is 1. The number of benzene rings is 1. The molecule has 26 heavy (non-hydrogen) atoms. The van der Waals surface area contributed by atoms with E-state index < -0.39 is 17.8 Å². The smallest absolute Gasteiger partial charge is 0.340 e. The second-order valence-electron chi connectivity index (χ2n) is 6.40. The highest BCUT2D eigenvalue weighted by atomic mass is 19.1. The van der Waals surface area contributed by atoms with E-state index in [-0.39, 0.29) is 23.3 Å². The highest BCUT2D eigenvalue weighted by molar-refractivity contribution is 6.03. The molecule has 0 saturated carbocycles. The van der Waals surface area contributed by atoms with E-state index in [0.29, 0.717) is 12.0 Å². The number of rotatable bonds is 4. The third kappa shape index (κ3) is 3.88. The number of ether oxygens (including phenoxy) is 1. The molecule has 1 fully saturated rings. The molecule has 2 aliphatic heterocycles. The first-order valence-electron chi connectivity index (χ1n) is 8.53. The van der Waals surface area contributed by atoms with Crippen LogP contribution in [-0.2, 0) is 9.53 Å². The van der Waals surface area contributed by atoms with Crippen molar-refractivity contribution in [2.24, 2.45) is 10.2 Å². The van der Waals surface area contributed by atoms with Crippen LogP contribution >= 0.6 is 0 Å². The van der Waals surface area contributed by atoms with Gasteiger partial charge in [0, 0.05) is 13.1 Å². The molecule has 3 rings (SSSR count). The summed E-state index contributed by atoms with van der Waals surface area (Å²) in [6.07, 6.45) is 1.28. The van der Waals surface area contributed by atoms with Crippen molar-refractivity contribution in [3.05, 3.63) is 29.1 Å². The molecule has 140 valence electrons. The SMILES string of the molecule is COC(=O)c1cc(F)cc(C)c1NC(=O)C1CCC(N2CCNC2)N=N1. The molecule has 9 heteroatoms. The summed E-state index contributed by atoms with van der Waals surface area (Å²) in [4.78, 5) is 26.6. The fraction of sp³-hybridized carbons (Fsp3) is 0.529. The van der Waals surface area contributed by atoms with E-state index >= 15 is 0 Å². The lowest BCUT2D eigenvalue weighted by Crippen LogP contribution is -2.38. The predicted molar refractivity (Wildman–Crippen MR) is 92.3 cm³/mol. The van der Waals surface area contributed by atoms with Gasteiger partial charge in [-0.3, -0.25) is 9.69 Å². The summed E-state index contributed by atoms with van der Waals surface area (Å²) < 4.78 is 18.3. The van der Waals surface area contributed by atoms with Gasteiger partial charge in [-0.2, -0.15) is 10.2 Å². The Morgan fingerprint density at radius 2 is 2.15 bits per heavy atom. The second-order valence-corrected chi connectivity index (χ2v) is 6.40. The van der Waals surface area contributed by atoms with Gasteiger partial charge in [0.2, 0.25) is 0 Å². The quantitative estimate of drug-likeness (QED) is 0.794. The first-order chi connectivity index (χ1) is 12.5. The molecule has 0 bridgehead atoms. The molecule has 1 amide bonds. The van der Waals surface area contributed by atoms with E-state index in [1.165, 1.54) is 13.2 Å². The van der Waals surface area contributed by atoms with Crippen LogP contribution in [0.1, 0.15) is 28.8 Å². The Hall–Kier alpha value is -2.39. The zero-order valence-electron chi connectivity index (χ0n) is 14.8. The Labute approximate surface area is 150 Å². The molecule has 0 spiro atoms. The van der Waals surface area contributed by atoms with E-state index in [9.17, 15) is 14.0 Å². The van der Waals surface area contributed by atoms with Gasteiger partial charge in [0.25, 0.3) is 5.91 Å². The van der Waals surface area contributed by atoms with Crippen LogP contribution < -0.4 is 10.6 Å². The molecule has 0 aliphatic carbocycles. The third-order valence-electron chi connectivity index (χ3n) is 4.61. The average molecular weight is 363 g/mol. The molecule has 0 aromatic heterocycles. The molecule has 2 N–H and O–H groups in total. The number of aryl methyl sites for hydroxylation is 1. The van der Waals surface area contributed by atoms with Crippen LogP contribution in [0.3, 0.4) is 0 Å². The highest BCUT2D eigenvalue weighted by Crippen LogP contribution is 2.25. The molecule has 1 aromatic rings. The normalized spacial score (nSPS) is 23.0. The minimum atomic E-state index is -0.713. The molecular formula is C17H22FN5O3. The topological polar surface area (TPSA) is 95.4 Å². The number of esters is 1. The Bertz CT molecular complexity index is 733. The molecule has 1 aromatic carbocycles. The first kappa shape index (κ1) is 18.4. The van der Waals surface area contributed by atoms with Gasteiger partial charge in [0.05, 0.1) is 25.0 Å². The number of carbonyl (C=O) groups excluding carboxylic acids is 2. The molecular weight excluding hydrogens is 341 g/mol. The molecule has 2 heterocycles. The van der Waals surface area contributed by atoms with Crippen molar-refractivity contribution in [3.63, 3.8) is 0 Å². The number of methoxy groups -OCH3 is 1. The maximum absolute atomic E-state index is 13.6. The maximum Gasteiger partial charge on any atom is 0.340 e. The molecule has 2 atom stereocenters. The first-order valence-corrected chi connectivity index (χ1v) is 8.53. The Morgan fingerprint density at radius 3 is 2.77 bits per heavy atom. The van der Waals surface area contributed by atoms with Crippen LogP contribution in [0.5, 0.6) is 0 Å². The highest BCUT2D eigenvalue weighted by Gasteiger charge is 2.30. The van der Waals surface area contributed by atoms with Crippen molar-refractivity contribution in [1.29, 1.82) is 0 Å². The third-order valence-corrected chi connectivity index (χ3v) is 4.61. The second kappa shape index (κ2) is 7.88. The van der Waals surface area contributed by atoms with Gasteiger partial charge in [-0.05, 0) is 37.5 Å². The number of hydrogen-bond acceptors (Lipinski definition) is 7. The summed E-state index contributed by atoms with van der Waals surface area (Å²) in [5.41, 5.74) is 0.656. The number of azo groups is 1. The van der Waals surface area contributed by atoms with Crippen LogP contribution in [0.2, 0.25) is 0 Å². The number of anilines is 1. The van der Waals surface area contributed by atoms with Crippen LogP contribution in [0, 0.1) is 12.7 Å². The van der Waals surface area contributed by atoms with E-state index in [0.717, 1.165) is 32.2 Å². The van der Waals surface area contributed by atoms with Gasteiger partial charge in [0.15, 0.2) is 0 Å². The Balaban J connectivity index is 1.72. The fourth-order valence-corrected chi connectivity index (χ4v) is 3.18. The summed E-state index contributed by atoms with van der Waals surface area (Å²) in [7, 11) is 1.21. The minimum absolute atomic E-state index is 0.00719. The molecule has 2 unspecified atom stereocenters. The van der Waals surface area contributed by atoms with Crippen LogP contribution in [-0.4, -0.2) is 55.9 Å². The van der Waals surface area contributed by atoms with Gasteiger partial charge in [-0.1, -0.05) is 0 Å². The van der Waals surface area contributed by atoms with Gasteiger partial charge in [-0.15, -0.1) is 0 Å². The van der Waals surface area contributed by atoms with Gasteiger partial charge in [-0.25, -0.2) is 9.18 Å². The molecule has 2 aliphatic rings. The fourth-order valence-electron chi connectivity index (χ4n) is 3.18. The lowest BCUT2D eigenvalue weighted by molar-refractivity contribution is -0.118. The number of hydrogen-bond donors (Lipinski definition) is 2. The van der Waals surface area contributed by atoms with Crippen LogP contribution in [0.25, 0.3) is 0 Å². The van der Waals surface area contributed by atoms with E-state index in [2.05, 4.69) is 30.5 Å². The van der Waals surface area contributed by atoms with Gasteiger partial charge >= 0.3 is 5.97 Å². The number of carbonyl (C=O) groups is 2. The summed E-state index contributed by atoms with van der Waals surface area (Å²) in [5, 5.41) is 14.3. The largest absolute Gasteiger partial charge is 0.465 e. The summed E-state index contributed by atoms with van der Waals surface area (Å²) in [6, 6.07) is 1.67. The number of halogens is 1. The van der Waals surface area contributed by atoms with Crippen molar-refractivity contribution < 1.29 is 18.7 Å². The Kier molecular flexibility index (Phi) is 5.58. The predicted octanol–water partition coefficient (Wildman–Crippen LogP) is 1.66. The summed E-state index contributed by atoms with van der Waals surface area (Å²) >= 11 is 0.